The minimum absolute atomic E-state index is 0.0954. The van der Waals surface area contributed by atoms with Crippen LogP contribution >= 0.6 is 11.8 Å². The fraction of sp³-hybridized carbons (Fsp3) is 0.333. The molecule has 170 valence electrons. The summed E-state index contributed by atoms with van der Waals surface area (Å²) in [6.45, 7) is 9.11. The van der Waals surface area contributed by atoms with E-state index in [1.807, 2.05) is 38.1 Å². The molecule has 0 bridgehead atoms. The van der Waals surface area contributed by atoms with Crippen molar-refractivity contribution in [3.8, 4) is 17.1 Å². The van der Waals surface area contributed by atoms with E-state index >= 15 is 0 Å². The Hall–Kier alpha value is -3.17. The van der Waals surface area contributed by atoms with Crippen LogP contribution in [-0.2, 0) is 4.74 Å². The van der Waals surface area contributed by atoms with Crippen molar-refractivity contribution in [2.45, 2.75) is 31.2 Å². The fourth-order valence-electron chi connectivity index (χ4n) is 3.73. The second-order valence-electron chi connectivity index (χ2n) is 8.13. The third-order valence-electron chi connectivity index (χ3n) is 5.54. The van der Waals surface area contributed by atoms with Gasteiger partial charge in [-0.2, -0.15) is 0 Å². The van der Waals surface area contributed by atoms with E-state index in [-0.39, 0.29) is 5.25 Å². The Kier molecular flexibility index (Phi) is 6.15. The van der Waals surface area contributed by atoms with Gasteiger partial charge >= 0.3 is 0 Å². The topological polar surface area (TPSA) is 82.1 Å². The zero-order valence-electron chi connectivity index (χ0n) is 18.9. The summed E-state index contributed by atoms with van der Waals surface area (Å²) in [5, 5.41) is 18.3. The summed E-state index contributed by atoms with van der Waals surface area (Å²) in [7, 11) is 0. The lowest BCUT2D eigenvalue weighted by molar-refractivity contribution is 0.122. The molecular formula is C24H26N6O2S. The molecule has 0 unspecified atom stereocenters. The van der Waals surface area contributed by atoms with Crippen molar-refractivity contribution in [2.75, 3.05) is 31.2 Å². The van der Waals surface area contributed by atoms with Gasteiger partial charge in [0.1, 0.15) is 0 Å². The summed E-state index contributed by atoms with van der Waals surface area (Å²) >= 11 is 1.55. The molecule has 0 spiro atoms. The number of anilines is 1. The summed E-state index contributed by atoms with van der Waals surface area (Å²) in [5.74, 6) is 1.90. The Morgan fingerprint density at radius 2 is 1.70 bits per heavy atom. The molecule has 4 aromatic rings. The minimum atomic E-state index is -0.0954. The van der Waals surface area contributed by atoms with Crippen LogP contribution in [0.4, 0.5) is 5.95 Å². The van der Waals surface area contributed by atoms with Gasteiger partial charge in [-0.15, -0.1) is 20.4 Å². The van der Waals surface area contributed by atoms with E-state index in [0.717, 1.165) is 41.0 Å². The zero-order chi connectivity index (χ0) is 22.8. The molecule has 5 rings (SSSR count). The maximum atomic E-state index is 6.02. The SMILES string of the molecule is Cc1ccc(-n2c(S[C@H](C)c3nnc(-c4cccc(C)c4)o3)nnc2N2CCOCC2)cc1. The highest BCUT2D eigenvalue weighted by Gasteiger charge is 2.25. The largest absolute Gasteiger partial charge is 0.419 e. The van der Waals surface area contributed by atoms with Crippen molar-refractivity contribution in [2.24, 2.45) is 0 Å². The van der Waals surface area contributed by atoms with Gasteiger partial charge in [-0.1, -0.05) is 47.2 Å². The van der Waals surface area contributed by atoms with Crippen LogP contribution < -0.4 is 4.90 Å². The summed E-state index contributed by atoms with van der Waals surface area (Å²) in [6.07, 6.45) is 0. The Morgan fingerprint density at radius 3 is 2.45 bits per heavy atom. The number of benzene rings is 2. The molecule has 0 radical (unpaired) electrons. The first-order chi connectivity index (χ1) is 16.1. The summed E-state index contributed by atoms with van der Waals surface area (Å²) in [5.41, 5.74) is 4.30. The molecule has 8 nitrogen and oxygen atoms in total. The predicted octanol–water partition coefficient (Wildman–Crippen LogP) is 4.62. The fourth-order valence-corrected chi connectivity index (χ4v) is 4.62. The second-order valence-corrected chi connectivity index (χ2v) is 9.44. The first kappa shape index (κ1) is 21.7. The lowest BCUT2D eigenvalue weighted by Crippen LogP contribution is -2.37. The number of rotatable bonds is 6. The monoisotopic (exact) mass is 462 g/mol. The number of hydrogen-bond acceptors (Lipinski definition) is 8. The van der Waals surface area contributed by atoms with Crippen molar-refractivity contribution in [3.63, 3.8) is 0 Å². The molecule has 1 fully saturated rings. The molecule has 0 saturated carbocycles. The van der Waals surface area contributed by atoms with Crippen molar-refractivity contribution in [1.29, 1.82) is 0 Å². The van der Waals surface area contributed by atoms with E-state index < -0.39 is 0 Å². The molecule has 1 atom stereocenters. The Morgan fingerprint density at radius 1 is 0.909 bits per heavy atom. The van der Waals surface area contributed by atoms with Gasteiger partial charge < -0.3 is 14.1 Å². The van der Waals surface area contributed by atoms with Crippen molar-refractivity contribution < 1.29 is 9.15 Å². The van der Waals surface area contributed by atoms with Crippen LogP contribution in [0, 0.1) is 13.8 Å². The van der Waals surface area contributed by atoms with Gasteiger partial charge in [-0.05, 0) is 45.0 Å². The molecule has 0 amide bonds. The molecule has 33 heavy (non-hydrogen) atoms. The van der Waals surface area contributed by atoms with E-state index in [2.05, 4.69) is 61.1 Å². The summed E-state index contributed by atoms with van der Waals surface area (Å²) in [6, 6.07) is 16.4. The van der Waals surface area contributed by atoms with Gasteiger partial charge in [0.15, 0.2) is 5.16 Å². The molecule has 9 heteroatoms. The van der Waals surface area contributed by atoms with Crippen LogP contribution in [0.3, 0.4) is 0 Å². The van der Waals surface area contributed by atoms with Crippen LogP contribution in [0.25, 0.3) is 17.1 Å². The van der Waals surface area contributed by atoms with Gasteiger partial charge in [-0.3, -0.25) is 4.57 Å². The van der Waals surface area contributed by atoms with Gasteiger partial charge in [0.25, 0.3) is 0 Å². The van der Waals surface area contributed by atoms with Gasteiger partial charge in [0, 0.05) is 18.7 Å². The van der Waals surface area contributed by atoms with E-state index in [4.69, 9.17) is 9.15 Å². The number of thioether (sulfide) groups is 1. The van der Waals surface area contributed by atoms with Crippen LogP contribution in [0.1, 0.15) is 29.2 Å². The van der Waals surface area contributed by atoms with Crippen LogP contribution in [0.15, 0.2) is 58.1 Å². The lowest BCUT2D eigenvalue weighted by atomic mass is 10.1. The number of nitrogens with zero attached hydrogens (tertiary/aromatic N) is 6. The zero-order valence-corrected chi connectivity index (χ0v) is 19.7. The molecule has 0 N–H and O–H groups in total. The number of aromatic nitrogens is 5. The van der Waals surface area contributed by atoms with Crippen LogP contribution in [0.2, 0.25) is 0 Å². The van der Waals surface area contributed by atoms with Crippen molar-refractivity contribution >= 4 is 17.7 Å². The summed E-state index contributed by atoms with van der Waals surface area (Å²) < 4.78 is 13.6. The van der Waals surface area contributed by atoms with E-state index in [1.165, 1.54) is 5.56 Å². The average molecular weight is 463 g/mol. The van der Waals surface area contributed by atoms with Crippen molar-refractivity contribution in [1.82, 2.24) is 25.0 Å². The summed E-state index contributed by atoms with van der Waals surface area (Å²) in [4.78, 5) is 2.22. The molecule has 2 aromatic heterocycles. The van der Waals surface area contributed by atoms with Gasteiger partial charge in [0.05, 0.1) is 24.2 Å². The Balaban J connectivity index is 1.44. The predicted molar refractivity (Wildman–Crippen MR) is 128 cm³/mol. The number of ether oxygens (including phenoxy) is 1. The Labute approximate surface area is 197 Å². The maximum Gasteiger partial charge on any atom is 0.247 e. The normalized spacial score (nSPS) is 15.1. The molecule has 0 aliphatic carbocycles. The number of hydrogen-bond donors (Lipinski definition) is 0. The highest BCUT2D eigenvalue weighted by molar-refractivity contribution is 7.99. The van der Waals surface area contributed by atoms with Crippen LogP contribution in [0.5, 0.6) is 0 Å². The maximum absolute atomic E-state index is 6.02. The van der Waals surface area contributed by atoms with Crippen LogP contribution in [-0.4, -0.2) is 51.3 Å². The smallest absolute Gasteiger partial charge is 0.247 e. The van der Waals surface area contributed by atoms with E-state index in [1.54, 1.807) is 11.8 Å². The molecular weight excluding hydrogens is 436 g/mol. The second kappa shape index (κ2) is 9.36. The van der Waals surface area contributed by atoms with E-state index in [9.17, 15) is 0 Å². The van der Waals surface area contributed by atoms with Crippen molar-refractivity contribution in [3.05, 3.63) is 65.5 Å². The minimum Gasteiger partial charge on any atom is -0.419 e. The number of aryl methyl sites for hydroxylation is 2. The van der Waals surface area contributed by atoms with Gasteiger partial charge in [0.2, 0.25) is 17.7 Å². The lowest BCUT2D eigenvalue weighted by Gasteiger charge is -2.28. The highest BCUT2D eigenvalue weighted by atomic mass is 32.2. The molecule has 1 aliphatic rings. The van der Waals surface area contributed by atoms with E-state index in [0.29, 0.717) is 25.0 Å². The highest BCUT2D eigenvalue weighted by Crippen LogP contribution is 2.37. The quantitative estimate of drug-likeness (QED) is 0.384. The first-order valence-electron chi connectivity index (χ1n) is 11.0. The molecule has 1 saturated heterocycles. The first-order valence-corrected chi connectivity index (χ1v) is 11.9. The third-order valence-corrected chi connectivity index (χ3v) is 6.57. The average Bonchev–Trinajstić information content (AvgIpc) is 3.48. The van der Waals surface area contributed by atoms with Gasteiger partial charge in [-0.25, -0.2) is 0 Å². The Bertz CT molecular complexity index is 1230. The number of morpholine rings is 1. The molecule has 3 heterocycles. The third kappa shape index (κ3) is 4.65. The standard InChI is InChI=1S/C24H26N6O2S/c1-16-7-9-20(10-8-16)30-23(29-11-13-31-14-12-29)27-28-24(30)33-18(3)21-25-26-22(32-21)19-6-4-5-17(2)15-19/h4-10,15,18H,11-14H2,1-3H3/t18-/m1/s1. The molecule has 1 aliphatic heterocycles. The molecule has 2 aromatic carbocycles.